The first-order valence-electron chi connectivity index (χ1n) is 10.7. The number of halogens is 1. The first-order valence-corrected chi connectivity index (χ1v) is 12.0. The minimum Gasteiger partial charge on any atom is -0.479 e. The number of anilines is 1. The van der Waals surface area contributed by atoms with Crippen LogP contribution in [0, 0.1) is 17.7 Å². The van der Waals surface area contributed by atoms with Crippen molar-refractivity contribution in [1.82, 2.24) is 9.88 Å². The van der Waals surface area contributed by atoms with Crippen molar-refractivity contribution in [3.05, 3.63) is 53.6 Å². The monoisotopic (exact) mass is 483 g/mol. The second-order valence-corrected chi connectivity index (χ2v) is 10.4. The lowest BCUT2D eigenvalue weighted by atomic mass is 9.91. The molecule has 2 aromatic rings. The summed E-state index contributed by atoms with van der Waals surface area (Å²) in [6.45, 7) is 4.78. The number of aliphatic imine (C=N–C) groups is 1. The highest BCUT2D eigenvalue weighted by Gasteiger charge is 2.55. The number of nitrogens with one attached hydrogen (secondary N) is 1. The van der Waals surface area contributed by atoms with Crippen molar-refractivity contribution in [2.24, 2.45) is 10.7 Å². The van der Waals surface area contributed by atoms with Gasteiger partial charge in [-0.3, -0.25) is 14.0 Å². The number of amidine groups is 1. The summed E-state index contributed by atoms with van der Waals surface area (Å²) in [6.07, 6.45) is 1.44. The molecule has 1 amide bonds. The van der Waals surface area contributed by atoms with Gasteiger partial charge < -0.3 is 20.7 Å². The Morgan fingerprint density at radius 1 is 1.35 bits per heavy atom. The average Bonchev–Trinajstić information content (AvgIpc) is 2.77. The van der Waals surface area contributed by atoms with Crippen molar-refractivity contribution in [2.45, 2.75) is 24.1 Å². The van der Waals surface area contributed by atoms with E-state index in [0.717, 1.165) is 0 Å². The zero-order valence-corrected chi connectivity index (χ0v) is 20.0. The quantitative estimate of drug-likeness (QED) is 0.629. The number of nitrogens with two attached hydrogens (primary N) is 1. The number of pyridine rings is 1. The third kappa shape index (κ3) is 4.41. The number of carbonyl (C=O) groups excluding carboxylic acids is 1. The van der Waals surface area contributed by atoms with Gasteiger partial charge in [0.05, 0.1) is 17.5 Å². The lowest BCUT2D eigenvalue weighted by Crippen LogP contribution is -2.71. The van der Waals surface area contributed by atoms with E-state index in [1.54, 1.807) is 19.9 Å². The smallest absolute Gasteiger partial charge is 0.274 e. The molecule has 0 bridgehead atoms. The Hall–Kier alpha value is -3.29. The number of carbonyl (C=O) groups is 1. The Morgan fingerprint density at radius 2 is 2.12 bits per heavy atom. The molecule has 1 aromatic heterocycles. The molecule has 2 aliphatic heterocycles. The number of likely N-dealkylation sites (tertiary alicyclic amines) is 1. The number of benzene rings is 1. The van der Waals surface area contributed by atoms with E-state index in [-0.39, 0.29) is 29.5 Å². The van der Waals surface area contributed by atoms with E-state index in [9.17, 15) is 13.4 Å². The molecule has 0 saturated carbocycles. The molecule has 8 nitrogen and oxygen atoms in total. The summed E-state index contributed by atoms with van der Waals surface area (Å²) in [5, 5.41) is 2.73. The second-order valence-electron chi connectivity index (χ2n) is 8.67. The molecule has 1 fully saturated rings. The number of rotatable bonds is 5. The summed E-state index contributed by atoms with van der Waals surface area (Å²) in [6, 6.07) is 7.37. The van der Waals surface area contributed by atoms with Crippen LogP contribution >= 0.6 is 0 Å². The molecule has 10 heteroatoms. The van der Waals surface area contributed by atoms with Crippen LogP contribution in [-0.4, -0.2) is 63.1 Å². The maximum Gasteiger partial charge on any atom is 0.274 e. The average molecular weight is 484 g/mol. The minimum absolute atomic E-state index is 0.140. The molecular weight excluding hydrogens is 457 g/mol. The zero-order chi connectivity index (χ0) is 24.5. The Balaban J connectivity index is 1.53. The van der Waals surface area contributed by atoms with E-state index in [0.29, 0.717) is 24.5 Å². The van der Waals surface area contributed by atoms with Gasteiger partial charge in [0.25, 0.3) is 5.91 Å². The number of nitrogens with zero attached hydrogens (tertiary/aromatic N) is 3. The van der Waals surface area contributed by atoms with Gasteiger partial charge in [0, 0.05) is 35.1 Å². The van der Waals surface area contributed by atoms with Crippen molar-refractivity contribution in [2.75, 3.05) is 37.8 Å². The van der Waals surface area contributed by atoms with Crippen molar-refractivity contribution in [1.29, 1.82) is 0 Å². The van der Waals surface area contributed by atoms with E-state index in [1.807, 2.05) is 11.9 Å². The molecule has 178 valence electrons. The number of ether oxygens (including phenoxy) is 1. The fourth-order valence-corrected chi connectivity index (χ4v) is 6.20. The Labute approximate surface area is 200 Å². The van der Waals surface area contributed by atoms with E-state index in [4.69, 9.17) is 10.5 Å². The summed E-state index contributed by atoms with van der Waals surface area (Å²) in [4.78, 5) is 23.4. The van der Waals surface area contributed by atoms with Gasteiger partial charge in [-0.25, -0.2) is 9.37 Å². The number of amides is 1. The Morgan fingerprint density at radius 3 is 2.74 bits per heavy atom. The molecule has 4 rings (SSSR count). The van der Waals surface area contributed by atoms with Crippen LogP contribution in [0.5, 0.6) is 5.75 Å². The summed E-state index contributed by atoms with van der Waals surface area (Å²) < 4.78 is 32.7. The van der Waals surface area contributed by atoms with Gasteiger partial charge >= 0.3 is 0 Å². The topological polar surface area (TPSA) is 110 Å². The third-order valence-electron chi connectivity index (χ3n) is 5.99. The molecule has 2 aliphatic rings. The van der Waals surface area contributed by atoms with Crippen molar-refractivity contribution in [3.8, 4) is 17.6 Å². The van der Waals surface area contributed by atoms with Gasteiger partial charge in [-0.05, 0) is 51.2 Å². The molecule has 0 radical (unpaired) electrons. The summed E-state index contributed by atoms with van der Waals surface area (Å²) in [7, 11) is 0.602. The number of hydrogen-bond donors (Lipinski definition) is 2. The van der Waals surface area contributed by atoms with Crippen LogP contribution in [0.15, 0.2) is 41.5 Å². The largest absolute Gasteiger partial charge is 0.479 e. The van der Waals surface area contributed by atoms with E-state index >= 15 is 0 Å². The predicted molar refractivity (Wildman–Crippen MR) is 130 cm³/mol. The Bertz CT molecular complexity index is 1230. The molecule has 1 spiro atoms. The van der Waals surface area contributed by atoms with Crippen LogP contribution in [0.2, 0.25) is 0 Å². The second kappa shape index (κ2) is 9.16. The fraction of sp³-hybridized carbons (Fsp3) is 0.375. The van der Waals surface area contributed by atoms with Gasteiger partial charge in [0.2, 0.25) is 0 Å². The SMILES string of the molecule is CC#CCOc1ccc(C(=O)Nc2ccc(F)c([C@]3(C)CS(=O)C4(CN(C)C4)C(N)=N3)c2)nc1. The summed E-state index contributed by atoms with van der Waals surface area (Å²) >= 11 is 0. The molecule has 34 heavy (non-hydrogen) atoms. The third-order valence-corrected chi connectivity index (χ3v) is 8.16. The lowest BCUT2D eigenvalue weighted by Gasteiger charge is -2.51. The van der Waals surface area contributed by atoms with Gasteiger partial charge in [0.1, 0.15) is 34.5 Å². The van der Waals surface area contributed by atoms with Crippen molar-refractivity contribution in [3.63, 3.8) is 0 Å². The maximum atomic E-state index is 14.9. The first-order chi connectivity index (χ1) is 16.2. The van der Waals surface area contributed by atoms with Gasteiger partial charge in [-0.2, -0.15) is 0 Å². The van der Waals surface area contributed by atoms with Crippen LogP contribution in [0.3, 0.4) is 0 Å². The van der Waals surface area contributed by atoms with Crippen LogP contribution in [-0.2, 0) is 16.3 Å². The van der Waals surface area contributed by atoms with Crippen LogP contribution < -0.4 is 15.8 Å². The zero-order valence-electron chi connectivity index (χ0n) is 19.2. The predicted octanol–water partition coefficient (Wildman–Crippen LogP) is 1.89. The highest BCUT2D eigenvalue weighted by Crippen LogP contribution is 2.40. The van der Waals surface area contributed by atoms with E-state index < -0.39 is 32.8 Å². The van der Waals surface area contributed by atoms with E-state index in [2.05, 4.69) is 27.1 Å². The molecular formula is C24H26FN5O3S. The molecule has 3 N–H and O–H groups in total. The Kier molecular flexibility index (Phi) is 6.43. The highest BCUT2D eigenvalue weighted by molar-refractivity contribution is 7.87. The minimum atomic E-state index is -1.32. The molecule has 2 atom stereocenters. The molecule has 0 aliphatic carbocycles. The number of aromatic nitrogens is 1. The van der Waals surface area contributed by atoms with Crippen LogP contribution in [0.4, 0.5) is 10.1 Å². The van der Waals surface area contributed by atoms with Gasteiger partial charge in [-0.1, -0.05) is 5.92 Å². The normalized spacial score (nSPS) is 23.3. The highest BCUT2D eigenvalue weighted by atomic mass is 32.2. The summed E-state index contributed by atoms with van der Waals surface area (Å²) in [5.74, 6) is 5.44. The molecule has 1 saturated heterocycles. The van der Waals surface area contributed by atoms with Crippen molar-refractivity contribution < 1.29 is 18.1 Å². The first kappa shape index (κ1) is 23.9. The van der Waals surface area contributed by atoms with Gasteiger partial charge in [-0.15, -0.1) is 5.92 Å². The van der Waals surface area contributed by atoms with Crippen LogP contribution in [0.25, 0.3) is 0 Å². The number of hydrogen-bond acceptors (Lipinski definition) is 7. The van der Waals surface area contributed by atoms with Gasteiger partial charge in [0.15, 0.2) is 0 Å². The summed E-state index contributed by atoms with van der Waals surface area (Å²) in [5.41, 5.74) is 5.89. The fourth-order valence-electron chi connectivity index (χ4n) is 4.18. The molecule has 3 heterocycles. The maximum absolute atomic E-state index is 14.9. The van der Waals surface area contributed by atoms with Crippen molar-refractivity contribution >= 4 is 28.2 Å². The standard InChI is InChI=1S/C24H26FN5O3S/c1-4-5-10-33-17-7-9-20(27-12-17)21(31)28-16-6-8-19(25)18(11-16)23(2)15-34(32)24(22(26)29-23)13-30(3)14-24/h6-9,11-12H,10,13-15H2,1-3H3,(H2,26,29)(H,28,31)/t23-,34?/m0/s1. The molecule has 1 aromatic carbocycles. The molecule has 1 unspecified atom stereocenters. The lowest BCUT2D eigenvalue weighted by molar-refractivity contribution is 0.102. The van der Waals surface area contributed by atoms with Crippen LogP contribution in [0.1, 0.15) is 29.9 Å². The van der Waals surface area contributed by atoms with E-state index in [1.165, 1.54) is 30.5 Å².